The Labute approximate surface area is 101 Å². The number of unbranched alkanes of at least 4 members (excludes halogenated alkanes) is 1. The van der Waals surface area contributed by atoms with Crippen LogP contribution in [0, 0.1) is 11.3 Å². The highest BCUT2D eigenvalue weighted by Gasteiger charge is 2.35. The summed E-state index contributed by atoms with van der Waals surface area (Å²) in [7, 11) is 0. The molecule has 3 unspecified atom stereocenters. The smallest absolute Gasteiger partial charge is 0.0341 e. The van der Waals surface area contributed by atoms with E-state index >= 15 is 0 Å². The third kappa shape index (κ3) is 4.34. The van der Waals surface area contributed by atoms with Gasteiger partial charge in [-0.25, -0.2) is 0 Å². The average Bonchev–Trinajstić information content (AvgIpc) is 2.53. The summed E-state index contributed by atoms with van der Waals surface area (Å²) in [6, 6.07) is 0. The van der Waals surface area contributed by atoms with E-state index in [0.717, 1.165) is 5.92 Å². The topological polar surface area (TPSA) is 0 Å². The fourth-order valence-corrected chi connectivity index (χ4v) is 3.55. The van der Waals surface area contributed by atoms with Crippen molar-refractivity contribution in [1.29, 1.82) is 0 Å². The number of hydrogen-bond donors (Lipinski definition) is 0. The molecule has 0 bridgehead atoms. The molecule has 90 valence electrons. The average molecular weight is 231 g/mol. The first-order valence-corrected chi connectivity index (χ1v) is 7.17. The van der Waals surface area contributed by atoms with Gasteiger partial charge in [0.1, 0.15) is 0 Å². The zero-order chi connectivity index (χ0) is 11.3. The highest BCUT2D eigenvalue weighted by molar-refractivity contribution is 6.20. The van der Waals surface area contributed by atoms with Crippen LogP contribution in [0.2, 0.25) is 0 Å². The zero-order valence-corrected chi connectivity index (χ0v) is 11.4. The van der Waals surface area contributed by atoms with E-state index in [1.165, 1.54) is 51.4 Å². The molecule has 3 atom stereocenters. The molecule has 0 aromatic heterocycles. The van der Waals surface area contributed by atoms with E-state index in [1.807, 2.05) is 0 Å². The van der Waals surface area contributed by atoms with Crippen molar-refractivity contribution in [2.45, 2.75) is 77.5 Å². The van der Waals surface area contributed by atoms with Gasteiger partial charge in [-0.3, -0.25) is 0 Å². The molecule has 0 spiro atoms. The molecular formula is C14H27Cl. The molecule has 1 aliphatic carbocycles. The van der Waals surface area contributed by atoms with E-state index < -0.39 is 0 Å². The minimum Gasteiger partial charge on any atom is -0.123 e. The Hall–Kier alpha value is 0.290. The molecule has 0 radical (unpaired) electrons. The van der Waals surface area contributed by atoms with Gasteiger partial charge in [0.2, 0.25) is 0 Å². The number of halogens is 1. The maximum Gasteiger partial charge on any atom is 0.0341 e. The van der Waals surface area contributed by atoms with Crippen molar-refractivity contribution in [3.63, 3.8) is 0 Å². The zero-order valence-electron chi connectivity index (χ0n) is 10.7. The lowest BCUT2D eigenvalue weighted by molar-refractivity contribution is 0.231. The summed E-state index contributed by atoms with van der Waals surface area (Å²) < 4.78 is 0. The minimum absolute atomic E-state index is 0.457. The predicted octanol–water partition coefficient (Wildman–Crippen LogP) is 5.39. The van der Waals surface area contributed by atoms with Crippen LogP contribution in [0.1, 0.15) is 72.1 Å². The lowest BCUT2D eigenvalue weighted by Gasteiger charge is -2.29. The SMILES string of the molecule is CCCCC(CC)CC1(C)CCC(Cl)C1. The first-order valence-electron chi connectivity index (χ1n) is 6.73. The second-order valence-electron chi connectivity index (χ2n) is 5.77. The molecule has 0 aliphatic heterocycles. The summed E-state index contributed by atoms with van der Waals surface area (Å²) in [5, 5.41) is 0.457. The third-order valence-corrected chi connectivity index (χ3v) is 4.47. The highest BCUT2D eigenvalue weighted by Crippen LogP contribution is 2.45. The van der Waals surface area contributed by atoms with E-state index in [-0.39, 0.29) is 0 Å². The van der Waals surface area contributed by atoms with Crippen LogP contribution in [-0.4, -0.2) is 5.38 Å². The molecule has 1 saturated carbocycles. The van der Waals surface area contributed by atoms with E-state index in [0.29, 0.717) is 10.8 Å². The van der Waals surface area contributed by atoms with Crippen molar-refractivity contribution >= 4 is 11.6 Å². The van der Waals surface area contributed by atoms with Crippen molar-refractivity contribution in [1.82, 2.24) is 0 Å². The Bertz CT molecular complexity index is 178. The number of hydrogen-bond acceptors (Lipinski definition) is 0. The van der Waals surface area contributed by atoms with Crippen molar-refractivity contribution in [2.24, 2.45) is 11.3 Å². The fourth-order valence-electron chi connectivity index (χ4n) is 3.07. The van der Waals surface area contributed by atoms with Crippen LogP contribution in [0.25, 0.3) is 0 Å². The van der Waals surface area contributed by atoms with Crippen LogP contribution in [-0.2, 0) is 0 Å². The second-order valence-corrected chi connectivity index (χ2v) is 6.39. The van der Waals surface area contributed by atoms with Crippen molar-refractivity contribution in [2.75, 3.05) is 0 Å². The fraction of sp³-hybridized carbons (Fsp3) is 1.00. The van der Waals surface area contributed by atoms with Gasteiger partial charge in [0.25, 0.3) is 0 Å². The molecule has 0 aromatic rings. The van der Waals surface area contributed by atoms with Gasteiger partial charge >= 0.3 is 0 Å². The Morgan fingerprint density at radius 1 is 1.40 bits per heavy atom. The van der Waals surface area contributed by atoms with E-state index in [9.17, 15) is 0 Å². The van der Waals surface area contributed by atoms with Crippen molar-refractivity contribution < 1.29 is 0 Å². The lowest BCUT2D eigenvalue weighted by atomic mass is 9.77. The normalized spacial score (nSPS) is 33.2. The summed E-state index contributed by atoms with van der Waals surface area (Å²) in [6.07, 6.45) is 10.8. The number of rotatable bonds is 6. The van der Waals surface area contributed by atoms with Crippen LogP contribution in [0.5, 0.6) is 0 Å². The van der Waals surface area contributed by atoms with Crippen LogP contribution in [0.15, 0.2) is 0 Å². The van der Waals surface area contributed by atoms with Crippen LogP contribution >= 0.6 is 11.6 Å². The minimum atomic E-state index is 0.457. The molecule has 0 aromatic carbocycles. The molecular weight excluding hydrogens is 204 g/mol. The predicted molar refractivity (Wildman–Crippen MR) is 69.5 cm³/mol. The maximum atomic E-state index is 6.23. The summed E-state index contributed by atoms with van der Waals surface area (Å²) in [6.45, 7) is 7.08. The van der Waals surface area contributed by atoms with Crippen molar-refractivity contribution in [3.8, 4) is 0 Å². The summed E-state index contributed by atoms with van der Waals surface area (Å²) >= 11 is 6.23. The molecule has 0 amide bonds. The van der Waals surface area contributed by atoms with Gasteiger partial charge in [-0.05, 0) is 37.0 Å². The lowest BCUT2D eigenvalue weighted by Crippen LogP contribution is -2.17. The highest BCUT2D eigenvalue weighted by atomic mass is 35.5. The van der Waals surface area contributed by atoms with Crippen LogP contribution in [0.3, 0.4) is 0 Å². The van der Waals surface area contributed by atoms with Gasteiger partial charge in [-0.15, -0.1) is 11.6 Å². The Kier molecular flexibility index (Phi) is 5.46. The first kappa shape index (κ1) is 13.4. The van der Waals surface area contributed by atoms with Gasteiger partial charge < -0.3 is 0 Å². The Morgan fingerprint density at radius 2 is 2.13 bits per heavy atom. The molecule has 1 fully saturated rings. The second kappa shape index (κ2) is 6.13. The maximum absolute atomic E-state index is 6.23. The molecule has 1 rings (SSSR count). The molecule has 0 nitrogen and oxygen atoms in total. The molecule has 0 saturated heterocycles. The molecule has 1 aliphatic rings. The summed E-state index contributed by atoms with van der Waals surface area (Å²) in [5.74, 6) is 0.942. The van der Waals surface area contributed by atoms with E-state index in [2.05, 4.69) is 20.8 Å². The van der Waals surface area contributed by atoms with Gasteiger partial charge in [-0.2, -0.15) is 0 Å². The Morgan fingerprint density at radius 3 is 2.60 bits per heavy atom. The van der Waals surface area contributed by atoms with E-state index in [1.54, 1.807) is 0 Å². The third-order valence-electron chi connectivity index (χ3n) is 4.10. The monoisotopic (exact) mass is 230 g/mol. The van der Waals surface area contributed by atoms with E-state index in [4.69, 9.17) is 11.6 Å². The van der Waals surface area contributed by atoms with Gasteiger partial charge in [-0.1, -0.05) is 46.5 Å². The summed E-state index contributed by atoms with van der Waals surface area (Å²) in [5.41, 5.74) is 0.556. The van der Waals surface area contributed by atoms with Gasteiger partial charge in [0.05, 0.1) is 0 Å². The largest absolute Gasteiger partial charge is 0.123 e. The molecule has 1 heteroatoms. The first-order chi connectivity index (χ1) is 7.09. The summed E-state index contributed by atoms with van der Waals surface area (Å²) in [4.78, 5) is 0. The van der Waals surface area contributed by atoms with Crippen LogP contribution < -0.4 is 0 Å². The molecule has 0 N–H and O–H groups in total. The Balaban J connectivity index is 2.36. The standard InChI is InChI=1S/C14H27Cl/c1-4-6-7-12(5-2)10-14(3)9-8-13(15)11-14/h12-13H,4-11H2,1-3H3. The molecule has 15 heavy (non-hydrogen) atoms. The van der Waals surface area contributed by atoms with Crippen LogP contribution in [0.4, 0.5) is 0 Å². The van der Waals surface area contributed by atoms with Gasteiger partial charge in [0, 0.05) is 5.38 Å². The quantitative estimate of drug-likeness (QED) is 0.537. The number of alkyl halides is 1. The molecule has 0 heterocycles. The van der Waals surface area contributed by atoms with Crippen molar-refractivity contribution in [3.05, 3.63) is 0 Å². The van der Waals surface area contributed by atoms with Gasteiger partial charge in [0.15, 0.2) is 0 Å².